The highest BCUT2D eigenvalue weighted by molar-refractivity contribution is 6.05. The van der Waals surface area contributed by atoms with Crippen molar-refractivity contribution < 1.29 is 4.79 Å². The van der Waals surface area contributed by atoms with Crippen molar-refractivity contribution in [3.8, 4) is 0 Å². The summed E-state index contributed by atoms with van der Waals surface area (Å²) in [5.74, 6) is -0.166. The van der Waals surface area contributed by atoms with Gasteiger partial charge in [0.05, 0.1) is 5.56 Å². The molecule has 0 saturated carbocycles. The molecule has 1 N–H and O–H groups in total. The molecule has 1 amide bonds. The van der Waals surface area contributed by atoms with Gasteiger partial charge in [-0.15, -0.1) is 0 Å². The van der Waals surface area contributed by atoms with Crippen LogP contribution >= 0.6 is 0 Å². The number of hydrogen-bond donors (Lipinski definition) is 1. The predicted octanol–water partition coefficient (Wildman–Crippen LogP) is 3.95. The number of fused-ring (bicyclic) bond motifs is 2. The number of carbonyl (C=O) groups is 1. The summed E-state index contributed by atoms with van der Waals surface area (Å²) < 4.78 is 0. The van der Waals surface area contributed by atoms with Gasteiger partial charge in [-0.2, -0.15) is 0 Å². The molecule has 0 aliphatic heterocycles. The topological polar surface area (TPSA) is 53.2 Å². The molecule has 4 heteroatoms. The van der Waals surface area contributed by atoms with E-state index in [0.717, 1.165) is 16.3 Å². The van der Waals surface area contributed by atoms with Crippen molar-refractivity contribution >= 4 is 27.6 Å². The second-order valence-electron chi connectivity index (χ2n) is 6.44. The molecule has 0 fully saturated rings. The van der Waals surface area contributed by atoms with Gasteiger partial charge in [0.25, 0.3) is 5.91 Å². The van der Waals surface area contributed by atoms with E-state index >= 15 is 0 Å². The van der Waals surface area contributed by atoms with Crippen molar-refractivity contribution in [3.63, 3.8) is 0 Å². The van der Waals surface area contributed by atoms with Gasteiger partial charge in [-0.25, -0.2) is 0 Å². The van der Waals surface area contributed by atoms with Crippen molar-refractivity contribution in [2.45, 2.75) is 6.54 Å². The quantitative estimate of drug-likeness (QED) is 0.613. The van der Waals surface area contributed by atoms with Crippen LogP contribution in [0.3, 0.4) is 0 Å². The Morgan fingerprint density at radius 3 is 2.50 bits per heavy atom. The van der Waals surface area contributed by atoms with Gasteiger partial charge in [-0.05, 0) is 28.5 Å². The Morgan fingerprint density at radius 2 is 1.65 bits per heavy atom. The van der Waals surface area contributed by atoms with E-state index in [0.29, 0.717) is 17.6 Å². The molecule has 0 aliphatic rings. The van der Waals surface area contributed by atoms with Gasteiger partial charge in [0.2, 0.25) is 5.56 Å². The minimum Gasteiger partial charge on any atom is -0.337 e. The molecule has 4 nitrogen and oxygen atoms in total. The number of amides is 1. The van der Waals surface area contributed by atoms with Crippen LogP contribution in [-0.2, 0) is 6.54 Å². The number of carbonyl (C=O) groups excluding carboxylic acids is 1. The number of aromatic nitrogens is 1. The van der Waals surface area contributed by atoms with Gasteiger partial charge in [-0.1, -0.05) is 54.6 Å². The van der Waals surface area contributed by atoms with Crippen LogP contribution in [-0.4, -0.2) is 22.8 Å². The molecule has 4 aromatic rings. The fourth-order valence-electron chi connectivity index (χ4n) is 3.27. The van der Waals surface area contributed by atoms with Crippen molar-refractivity contribution in [1.29, 1.82) is 0 Å². The van der Waals surface area contributed by atoms with Gasteiger partial charge in [0.1, 0.15) is 0 Å². The maximum Gasteiger partial charge on any atom is 0.254 e. The minimum atomic E-state index is -0.272. The lowest BCUT2D eigenvalue weighted by molar-refractivity contribution is 0.0787. The molecule has 0 radical (unpaired) electrons. The number of H-pyrrole nitrogens is 1. The van der Waals surface area contributed by atoms with Crippen molar-refractivity contribution in [2.75, 3.05) is 7.05 Å². The second-order valence-corrected chi connectivity index (χ2v) is 6.44. The number of rotatable bonds is 3. The Kier molecular flexibility index (Phi) is 4.01. The molecule has 128 valence electrons. The molecule has 0 bridgehead atoms. The summed E-state index contributed by atoms with van der Waals surface area (Å²) >= 11 is 0. The molecule has 3 aromatic carbocycles. The first-order valence-corrected chi connectivity index (χ1v) is 8.47. The standard InChI is InChI=1S/C22H18N2O2/c1-24(14-15-10-11-16-6-2-3-7-17(16)12-15)22(26)19-13-21(25)23-20-9-5-4-8-18(19)20/h2-13H,14H2,1H3,(H,23,25). The van der Waals surface area contributed by atoms with Gasteiger partial charge >= 0.3 is 0 Å². The number of nitrogens with zero attached hydrogens (tertiary/aromatic N) is 1. The zero-order valence-corrected chi connectivity index (χ0v) is 14.4. The highest BCUT2D eigenvalue weighted by Gasteiger charge is 2.16. The first-order chi connectivity index (χ1) is 12.6. The average molecular weight is 342 g/mol. The van der Waals surface area contributed by atoms with Crippen LogP contribution in [0.4, 0.5) is 0 Å². The van der Waals surface area contributed by atoms with E-state index in [1.54, 1.807) is 18.0 Å². The molecular formula is C22H18N2O2. The van der Waals surface area contributed by atoms with Crippen LogP contribution in [0.5, 0.6) is 0 Å². The number of pyridine rings is 1. The number of hydrogen-bond acceptors (Lipinski definition) is 2. The van der Waals surface area contributed by atoms with Gasteiger partial charge in [0, 0.05) is 30.6 Å². The zero-order valence-electron chi connectivity index (χ0n) is 14.4. The van der Waals surface area contributed by atoms with E-state index in [1.807, 2.05) is 36.4 Å². The third kappa shape index (κ3) is 2.97. The largest absolute Gasteiger partial charge is 0.337 e. The van der Waals surface area contributed by atoms with Crippen LogP contribution < -0.4 is 5.56 Å². The van der Waals surface area contributed by atoms with Crippen LogP contribution in [0.2, 0.25) is 0 Å². The summed E-state index contributed by atoms with van der Waals surface area (Å²) in [6.45, 7) is 0.477. The monoisotopic (exact) mass is 342 g/mol. The lowest BCUT2D eigenvalue weighted by atomic mass is 10.1. The second kappa shape index (κ2) is 6.48. The number of aromatic amines is 1. The van der Waals surface area contributed by atoms with E-state index in [4.69, 9.17) is 0 Å². The van der Waals surface area contributed by atoms with E-state index in [9.17, 15) is 9.59 Å². The SMILES string of the molecule is CN(Cc1ccc2ccccc2c1)C(=O)c1cc(=O)[nH]c2ccccc12. The van der Waals surface area contributed by atoms with Crippen LogP contribution in [0.15, 0.2) is 77.6 Å². The summed E-state index contributed by atoms with van der Waals surface area (Å²) in [5.41, 5.74) is 1.87. The van der Waals surface area contributed by atoms with Crippen LogP contribution in [0.25, 0.3) is 21.7 Å². The molecule has 0 spiro atoms. The van der Waals surface area contributed by atoms with Crippen molar-refractivity contribution in [1.82, 2.24) is 9.88 Å². The Labute approximate surface area is 150 Å². The lowest BCUT2D eigenvalue weighted by Crippen LogP contribution is -2.27. The normalized spacial score (nSPS) is 11.0. The highest BCUT2D eigenvalue weighted by Crippen LogP contribution is 2.19. The lowest BCUT2D eigenvalue weighted by Gasteiger charge is -2.18. The third-order valence-corrected chi connectivity index (χ3v) is 4.56. The van der Waals surface area contributed by atoms with Gasteiger partial charge in [-0.3, -0.25) is 9.59 Å². The Balaban J connectivity index is 1.66. The molecule has 4 rings (SSSR count). The van der Waals surface area contributed by atoms with Gasteiger partial charge < -0.3 is 9.88 Å². The maximum atomic E-state index is 13.0. The smallest absolute Gasteiger partial charge is 0.254 e. The number of para-hydroxylation sites is 1. The Hall–Kier alpha value is -3.40. The third-order valence-electron chi connectivity index (χ3n) is 4.56. The predicted molar refractivity (Wildman–Crippen MR) is 104 cm³/mol. The van der Waals surface area contributed by atoms with E-state index in [1.165, 1.54) is 11.5 Å². The first kappa shape index (κ1) is 16.1. The molecule has 26 heavy (non-hydrogen) atoms. The average Bonchev–Trinajstić information content (AvgIpc) is 2.66. The van der Waals surface area contributed by atoms with E-state index < -0.39 is 0 Å². The van der Waals surface area contributed by atoms with Crippen molar-refractivity contribution in [3.05, 3.63) is 94.3 Å². The van der Waals surface area contributed by atoms with Gasteiger partial charge in [0.15, 0.2) is 0 Å². The molecule has 0 unspecified atom stereocenters. The molecule has 1 aromatic heterocycles. The first-order valence-electron chi connectivity index (χ1n) is 8.47. The summed E-state index contributed by atoms with van der Waals surface area (Å²) in [7, 11) is 1.76. The van der Waals surface area contributed by atoms with Crippen molar-refractivity contribution in [2.24, 2.45) is 0 Å². The summed E-state index contributed by atoms with van der Waals surface area (Å²) in [6, 6.07) is 23.1. The molecular weight excluding hydrogens is 324 g/mol. The molecule has 0 atom stereocenters. The number of benzene rings is 3. The fourth-order valence-corrected chi connectivity index (χ4v) is 3.27. The summed E-state index contributed by atoms with van der Waals surface area (Å²) in [6.07, 6.45) is 0. The Bertz CT molecular complexity index is 1180. The van der Waals surface area contributed by atoms with E-state index in [-0.39, 0.29) is 11.5 Å². The summed E-state index contributed by atoms with van der Waals surface area (Å²) in [5, 5.41) is 3.07. The maximum absolute atomic E-state index is 13.0. The Morgan fingerprint density at radius 1 is 0.923 bits per heavy atom. The highest BCUT2D eigenvalue weighted by atomic mass is 16.2. The fraction of sp³-hybridized carbons (Fsp3) is 0.0909. The molecule has 0 saturated heterocycles. The van der Waals surface area contributed by atoms with E-state index in [2.05, 4.69) is 29.2 Å². The number of nitrogens with one attached hydrogen (secondary N) is 1. The summed E-state index contributed by atoms with van der Waals surface area (Å²) in [4.78, 5) is 29.3. The zero-order chi connectivity index (χ0) is 18.1. The molecule has 1 heterocycles. The minimum absolute atomic E-state index is 0.166. The van der Waals surface area contributed by atoms with Crippen LogP contribution in [0.1, 0.15) is 15.9 Å². The van der Waals surface area contributed by atoms with Crippen LogP contribution in [0, 0.1) is 0 Å². The molecule has 0 aliphatic carbocycles.